The third-order valence-corrected chi connectivity index (χ3v) is 5.65. The van der Waals surface area contributed by atoms with Crippen LogP contribution in [0.5, 0.6) is 0 Å². The molecule has 31 heavy (non-hydrogen) atoms. The average Bonchev–Trinajstić information content (AvgIpc) is 3.36. The number of aromatic amines is 1. The summed E-state index contributed by atoms with van der Waals surface area (Å²) in [5, 5.41) is 0. The van der Waals surface area contributed by atoms with Crippen LogP contribution in [0.15, 0.2) is 72.9 Å². The number of rotatable bonds is 4. The molecular weight excluding hydrogens is 394 g/mol. The number of pyridine rings is 1. The number of alkyl halides is 2. The number of aryl methyl sites for hydroxylation is 1. The number of aromatic nitrogens is 3. The highest BCUT2D eigenvalue weighted by Crippen LogP contribution is 2.41. The molecule has 0 spiro atoms. The van der Waals surface area contributed by atoms with E-state index in [9.17, 15) is 8.78 Å². The highest BCUT2D eigenvalue weighted by atomic mass is 19.3. The Morgan fingerprint density at radius 1 is 0.935 bits per heavy atom. The summed E-state index contributed by atoms with van der Waals surface area (Å²) in [7, 11) is 0. The SMILES string of the molecule is Cc1[nH]c(-c2c(-c3ccccc3)ccnc2N2CCC(F)(F)C2)nc1-c1ccccc1. The number of nitrogens with one attached hydrogen (secondary N) is 1. The molecule has 3 heterocycles. The maximum absolute atomic E-state index is 14.0. The van der Waals surface area contributed by atoms with Gasteiger partial charge >= 0.3 is 0 Å². The zero-order chi connectivity index (χ0) is 21.4. The van der Waals surface area contributed by atoms with Crippen molar-refractivity contribution in [3.05, 3.63) is 78.6 Å². The first-order valence-electron chi connectivity index (χ1n) is 10.3. The summed E-state index contributed by atoms with van der Waals surface area (Å²) < 4.78 is 28.1. The van der Waals surface area contributed by atoms with Crippen LogP contribution in [0, 0.1) is 6.92 Å². The lowest BCUT2D eigenvalue weighted by molar-refractivity contribution is 0.0257. The monoisotopic (exact) mass is 416 g/mol. The van der Waals surface area contributed by atoms with E-state index in [1.54, 1.807) is 11.1 Å². The Morgan fingerprint density at radius 3 is 2.26 bits per heavy atom. The van der Waals surface area contributed by atoms with Crippen molar-refractivity contribution in [2.45, 2.75) is 19.3 Å². The molecule has 2 aromatic heterocycles. The van der Waals surface area contributed by atoms with E-state index in [2.05, 4.69) is 9.97 Å². The Balaban J connectivity index is 1.70. The fraction of sp³-hybridized carbons (Fsp3) is 0.200. The normalized spacial score (nSPS) is 15.4. The van der Waals surface area contributed by atoms with Crippen molar-refractivity contribution in [1.82, 2.24) is 15.0 Å². The standard InChI is InChI=1S/C25H22F2N4/c1-17-22(19-10-6-3-7-11-19)30-23(29-17)21-20(18-8-4-2-5-9-18)12-14-28-24(21)31-15-13-25(26,27)16-31/h2-12,14H,13,15-16H2,1H3,(H,29,30). The van der Waals surface area contributed by atoms with Crippen LogP contribution in [0.2, 0.25) is 0 Å². The predicted molar refractivity (Wildman–Crippen MR) is 119 cm³/mol. The van der Waals surface area contributed by atoms with Gasteiger partial charge in [-0.1, -0.05) is 60.7 Å². The van der Waals surface area contributed by atoms with Crippen molar-refractivity contribution in [3.63, 3.8) is 0 Å². The number of hydrogen-bond acceptors (Lipinski definition) is 3. The molecule has 1 fully saturated rings. The quantitative estimate of drug-likeness (QED) is 0.446. The van der Waals surface area contributed by atoms with Crippen molar-refractivity contribution >= 4 is 5.82 Å². The molecule has 2 aromatic carbocycles. The summed E-state index contributed by atoms with van der Waals surface area (Å²) in [5.41, 5.74) is 5.41. The molecule has 4 nitrogen and oxygen atoms in total. The molecular formula is C25H22F2N4. The predicted octanol–water partition coefficient (Wildman–Crippen LogP) is 5.96. The topological polar surface area (TPSA) is 44.8 Å². The summed E-state index contributed by atoms with van der Waals surface area (Å²) >= 11 is 0. The van der Waals surface area contributed by atoms with Gasteiger partial charge in [-0.3, -0.25) is 0 Å². The van der Waals surface area contributed by atoms with Gasteiger partial charge < -0.3 is 9.88 Å². The second-order valence-corrected chi connectivity index (χ2v) is 7.88. The van der Waals surface area contributed by atoms with Crippen LogP contribution in [0.1, 0.15) is 12.1 Å². The van der Waals surface area contributed by atoms with E-state index in [-0.39, 0.29) is 19.5 Å². The minimum Gasteiger partial charge on any atom is -0.350 e. The van der Waals surface area contributed by atoms with Crippen molar-refractivity contribution in [1.29, 1.82) is 0 Å². The lowest BCUT2D eigenvalue weighted by Gasteiger charge is -2.21. The van der Waals surface area contributed by atoms with Gasteiger partial charge in [0.25, 0.3) is 5.92 Å². The van der Waals surface area contributed by atoms with Crippen LogP contribution in [0.25, 0.3) is 33.8 Å². The van der Waals surface area contributed by atoms with Gasteiger partial charge in [0.2, 0.25) is 0 Å². The number of nitrogens with zero attached hydrogens (tertiary/aromatic N) is 3. The second-order valence-electron chi connectivity index (χ2n) is 7.88. The Labute approximate surface area is 179 Å². The van der Waals surface area contributed by atoms with E-state index in [0.717, 1.165) is 33.6 Å². The molecule has 0 bridgehead atoms. The smallest absolute Gasteiger partial charge is 0.266 e. The molecule has 0 amide bonds. The zero-order valence-electron chi connectivity index (χ0n) is 17.1. The first-order valence-corrected chi connectivity index (χ1v) is 10.3. The largest absolute Gasteiger partial charge is 0.350 e. The molecule has 1 saturated heterocycles. The average molecular weight is 416 g/mol. The number of benzene rings is 2. The third kappa shape index (κ3) is 3.69. The van der Waals surface area contributed by atoms with Gasteiger partial charge in [-0.25, -0.2) is 18.7 Å². The van der Waals surface area contributed by atoms with Crippen LogP contribution < -0.4 is 4.90 Å². The van der Waals surface area contributed by atoms with Crippen molar-refractivity contribution < 1.29 is 8.78 Å². The maximum Gasteiger partial charge on any atom is 0.266 e. The molecule has 0 radical (unpaired) electrons. The lowest BCUT2D eigenvalue weighted by atomic mass is 10.00. The van der Waals surface area contributed by atoms with Crippen LogP contribution in [0.4, 0.5) is 14.6 Å². The first kappa shape index (κ1) is 19.4. The van der Waals surface area contributed by atoms with E-state index < -0.39 is 5.92 Å². The van der Waals surface area contributed by atoms with Gasteiger partial charge in [-0.15, -0.1) is 0 Å². The Morgan fingerprint density at radius 2 is 1.61 bits per heavy atom. The van der Waals surface area contributed by atoms with Gasteiger partial charge in [-0.05, 0) is 24.1 Å². The highest BCUT2D eigenvalue weighted by molar-refractivity contribution is 5.89. The fourth-order valence-corrected chi connectivity index (χ4v) is 4.15. The maximum atomic E-state index is 14.0. The van der Waals surface area contributed by atoms with Gasteiger partial charge in [0, 0.05) is 30.4 Å². The molecule has 5 rings (SSSR count). The molecule has 0 atom stereocenters. The minimum absolute atomic E-state index is 0.171. The molecule has 1 aliphatic rings. The van der Waals surface area contributed by atoms with Crippen LogP contribution in [-0.4, -0.2) is 34.0 Å². The van der Waals surface area contributed by atoms with Gasteiger partial charge in [-0.2, -0.15) is 0 Å². The molecule has 1 N–H and O–H groups in total. The Kier molecular flexibility index (Phi) is 4.77. The van der Waals surface area contributed by atoms with Gasteiger partial charge in [0.05, 0.1) is 17.8 Å². The van der Waals surface area contributed by atoms with E-state index >= 15 is 0 Å². The summed E-state index contributed by atoms with van der Waals surface area (Å²) in [4.78, 5) is 14.5. The van der Waals surface area contributed by atoms with Crippen LogP contribution >= 0.6 is 0 Å². The van der Waals surface area contributed by atoms with Crippen molar-refractivity contribution in [2.75, 3.05) is 18.0 Å². The second kappa shape index (κ2) is 7.61. The molecule has 4 aromatic rings. The van der Waals surface area contributed by atoms with E-state index in [1.165, 1.54) is 0 Å². The number of anilines is 1. The summed E-state index contributed by atoms with van der Waals surface area (Å²) in [6.45, 7) is 1.90. The molecule has 6 heteroatoms. The Hall–Kier alpha value is -3.54. The molecule has 1 aliphatic heterocycles. The fourth-order valence-electron chi connectivity index (χ4n) is 4.15. The zero-order valence-corrected chi connectivity index (χ0v) is 17.1. The highest BCUT2D eigenvalue weighted by Gasteiger charge is 2.40. The number of imidazole rings is 1. The van der Waals surface area contributed by atoms with E-state index in [4.69, 9.17) is 4.98 Å². The van der Waals surface area contributed by atoms with E-state index in [1.807, 2.05) is 73.7 Å². The minimum atomic E-state index is -2.71. The number of hydrogen-bond donors (Lipinski definition) is 1. The number of H-pyrrole nitrogens is 1. The molecule has 156 valence electrons. The first-order chi connectivity index (χ1) is 15.0. The Bertz CT molecular complexity index is 1200. The van der Waals surface area contributed by atoms with E-state index in [0.29, 0.717) is 11.6 Å². The summed E-state index contributed by atoms with van der Waals surface area (Å²) in [5.74, 6) is -1.55. The van der Waals surface area contributed by atoms with Gasteiger partial charge in [0.1, 0.15) is 11.6 Å². The summed E-state index contributed by atoms with van der Waals surface area (Å²) in [6.07, 6.45) is 1.52. The lowest BCUT2D eigenvalue weighted by Crippen LogP contribution is -2.26. The summed E-state index contributed by atoms with van der Waals surface area (Å²) in [6, 6.07) is 21.8. The molecule has 0 unspecified atom stereocenters. The molecule has 0 aliphatic carbocycles. The van der Waals surface area contributed by atoms with Crippen molar-refractivity contribution in [3.8, 4) is 33.8 Å². The van der Waals surface area contributed by atoms with Gasteiger partial charge in [0.15, 0.2) is 0 Å². The molecule has 0 saturated carbocycles. The number of halogens is 2. The van der Waals surface area contributed by atoms with Crippen LogP contribution in [-0.2, 0) is 0 Å². The third-order valence-electron chi connectivity index (χ3n) is 5.65. The van der Waals surface area contributed by atoms with Crippen LogP contribution in [0.3, 0.4) is 0 Å². The van der Waals surface area contributed by atoms with Crippen molar-refractivity contribution in [2.24, 2.45) is 0 Å².